The lowest BCUT2D eigenvalue weighted by atomic mass is 10.2. The molecule has 0 bridgehead atoms. The summed E-state index contributed by atoms with van der Waals surface area (Å²) < 4.78 is 48.1. The number of carbonyl (C=O) groups is 1. The Morgan fingerprint density at radius 1 is 1.39 bits per heavy atom. The third-order valence-corrected chi connectivity index (χ3v) is 3.26. The highest BCUT2D eigenvalue weighted by Gasteiger charge is 2.40. The van der Waals surface area contributed by atoms with Gasteiger partial charge < -0.3 is 14.4 Å². The van der Waals surface area contributed by atoms with E-state index in [1.807, 2.05) is 6.07 Å². The van der Waals surface area contributed by atoms with E-state index in [-0.39, 0.29) is 24.5 Å². The van der Waals surface area contributed by atoms with Gasteiger partial charge in [-0.2, -0.15) is 18.4 Å². The van der Waals surface area contributed by atoms with E-state index >= 15 is 0 Å². The summed E-state index contributed by atoms with van der Waals surface area (Å²) >= 11 is 0. The SMILES string of the molecule is CCOc1cc(C#N)ccc1OC1CCN(CC(F)(F)F)C1=O. The van der Waals surface area contributed by atoms with Crippen molar-refractivity contribution in [1.29, 1.82) is 5.26 Å². The van der Waals surface area contributed by atoms with Crippen LogP contribution in [0, 0.1) is 11.3 Å². The van der Waals surface area contributed by atoms with Crippen LogP contribution < -0.4 is 9.47 Å². The second-order valence-electron chi connectivity index (χ2n) is 4.98. The van der Waals surface area contributed by atoms with Crippen LogP contribution in [0.2, 0.25) is 0 Å². The number of amides is 1. The Labute approximate surface area is 131 Å². The van der Waals surface area contributed by atoms with E-state index in [1.165, 1.54) is 18.2 Å². The van der Waals surface area contributed by atoms with Crippen LogP contribution in [0.3, 0.4) is 0 Å². The molecule has 1 aliphatic rings. The first-order valence-corrected chi connectivity index (χ1v) is 7.03. The van der Waals surface area contributed by atoms with E-state index in [0.29, 0.717) is 12.2 Å². The van der Waals surface area contributed by atoms with Crippen LogP contribution in [0.1, 0.15) is 18.9 Å². The normalized spacial score (nSPS) is 18.0. The molecule has 5 nitrogen and oxygen atoms in total. The molecule has 1 aromatic rings. The van der Waals surface area contributed by atoms with Gasteiger partial charge in [0.15, 0.2) is 17.6 Å². The maximum absolute atomic E-state index is 12.4. The largest absolute Gasteiger partial charge is 0.490 e. The maximum atomic E-state index is 12.4. The number of rotatable bonds is 5. The molecule has 1 aliphatic heterocycles. The molecule has 124 valence electrons. The van der Waals surface area contributed by atoms with E-state index < -0.39 is 24.7 Å². The van der Waals surface area contributed by atoms with Gasteiger partial charge in [0.2, 0.25) is 0 Å². The second-order valence-corrected chi connectivity index (χ2v) is 4.98. The summed E-state index contributed by atoms with van der Waals surface area (Å²) in [4.78, 5) is 12.7. The van der Waals surface area contributed by atoms with Crippen LogP contribution in [0.15, 0.2) is 18.2 Å². The number of halogens is 3. The molecule has 1 aromatic carbocycles. The fourth-order valence-electron chi connectivity index (χ4n) is 2.29. The number of hydrogen-bond acceptors (Lipinski definition) is 4. The molecular formula is C15H15F3N2O3. The molecule has 1 saturated heterocycles. The van der Waals surface area contributed by atoms with Gasteiger partial charge in [-0.15, -0.1) is 0 Å². The van der Waals surface area contributed by atoms with E-state index in [0.717, 1.165) is 4.90 Å². The Balaban J connectivity index is 2.11. The van der Waals surface area contributed by atoms with Crippen molar-refractivity contribution in [3.63, 3.8) is 0 Å². The van der Waals surface area contributed by atoms with Crippen molar-refractivity contribution in [2.24, 2.45) is 0 Å². The molecule has 2 rings (SSSR count). The molecule has 1 fully saturated rings. The summed E-state index contributed by atoms with van der Waals surface area (Å²) in [5.41, 5.74) is 0.359. The van der Waals surface area contributed by atoms with Crippen molar-refractivity contribution in [2.75, 3.05) is 19.7 Å². The van der Waals surface area contributed by atoms with Gasteiger partial charge in [0.1, 0.15) is 6.54 Å². The Morgan fingerprint density at radius 3 is 2.74 bits per heavy atom. The molecule has 1 amide bonds. The highest BCUT2D eigenvalue weighted by atomic mass is 19.4. The third kappa shape index (κ3) is 4.28. The highest BCUT2D eigenvalue weighted by molar-refractivity contribution is 5.83. The van der Waals surface area contributed by atoms with Crippen molar-refractivity contribution in [2.45, 2.75) is 25.6 Å². The fourth-order valence-corrected chi connectivity index (χ4v) is 2.29. The molecule has 0 spiro atoms. The van der Waals surface area contributed by atoms with Gasteiger partial charge >= 0.3 is 6.18 Å². The number of benzene rings is 1. The standard InChI is InChI=1S/C15H15F3N2O3/c1-2-22-13-7-10(8-19)3-4-11(13)23-12-5-6-20(14(12)21)9-15(16,17)18/h3-4,7,12H,2,5-6,9H2,1H3. The van der Waals surface area contributed by atoms with Gasteiger partial charge in [0, 0.05) is 19.0 Å². The maximum Gasteiger partial charge on any atom is 0.406 e. The number of likely N-dealkylation sites (tertiary alicyclic amines) is 1. The van der Waals surface area contributed by atoms with Gasteiger partial charge in [0.05, 0.1) is 18.2 Å². The topological polar surface area (TPSA) is 62.6 Å². The quantitative estimate of drug-likeness (QED) is 0.833. The Bertz CT molecular complexity index is 625. The third-order valence-electron chi connectivity index (χ3n) is 3.26. The number of alkyl halides is 3. The van der Waals surface area contributed by atoms with Crippen LogP contribution in [0.5, 0.6) is 11.5 Å². The van der Waals surface area contributed by atoms with Crippen molar-refractivity contribution >= 4 is 5.91 Å². The molecule has 1 atom stereocenters. The van der Waals surface area contributed by atoms with Crippen molar-refractivity contribution in [1.82, 2.24) is 4.90 Å². The second kappa shape index (κ2) is 6.77. The van der Waals surface area contributed by atoms with Crippen molar-refractivity contribution < 1.29 is 27.4 Å². The smallest absolute Gasteiger partial charge is 0.406 e. The monoisotopic (exact) mass is 328 g/mol. The fraction of sp³-hybridized carbons (Fsp3) is 0.467. The zero-order chi connectivity index (χ0) is 17.0. The average molecular weight is 328 g/mol. The summed E-state index contributed by atoms with van der Waals surface area (Å²) in [5, 5.41) is 8.88. The predicted octanol–water partition coefficient (Wildman–Crippen LogP) is 2.50. The molecule has 8 heteroatoms. The van der Waals surface area contributed by atoms with E-state index in [2.05, 4.69) is 0 Å². The van der Waals surface area contributed by atoms with Gasteiger partial charge in [-0.3, -0.25) is 4.79 Å². The molecule has 0 aromatic heterocycles. The van der Waals surface area contributed by atoms with E-state index in [4.69, 9.17) is 14.7 Å². The zero-order valence-electron chi connectivity index (χ0n) is 12.4. The van der Waals surface area contributed by atoms with E-state index in [9.17, 15) is 18.0 Å². The Kier molecular flexibility index (Phi) is 4.98. The Hall–Kier alpha value is -2.43. The number of ether oxygens (including phenoxy) is 2. The zero-order valence-corrected chi connectivity index (χ0v) is 12.4. The summed E-state index contributed by atoms with van der Waals surface area (Å²) in [7, 11) is 0. The van der Waals surface area contributed by atoms with Crippen LogP contribution in [-0.2, 0) is 4.79 Å². The van der Waals surface area contributed by atoms with Gasteiger partial charge in [-0.1, -0.05) is 0 Å². The van der Waals surface area contributed by atoms with Crippen LogP contribution >= 0.6 is 0 Å². The van der Waals surface area contributed by atoms with Crippen LogP contribution in [0.4, 0.5) is 13.2 Å². The molecule has 0 saturated carbocycles. The summed E-state index contributed by atoms with van der Waals surface area (Å²) in [6.07, 6.45) is -5.25. The van der Waals surface area contributed by atoms with Gasteiger partial charge in [0.25, 0.3) is 5.91 Å². The predicted molar refractivity (Wildman–Crippen MR) is 74.0 cm³/mol. The lowest BCUT2D eigenvalue weighted by Crippen LogP contribution is -2.38. The number of nitrogens with zero attached hydrogens (tertiary/aromatic N) is 2. The first-order chi connectivity index (χ1) is 10.8. The van der Waals surface area contributed by atoms with Gasteiger partial charge in [-0.05, 0) is 19.1 Å². The summed E-state index contributed by atoms with van der Waals surface area (Å²) in [5.74, 6) is -0.180. The summed E-state index contributed by atoms with van der Waals surface area (Å²) in [6, 6.07) is 6.38. The Morgan fingerprint density at radius 2 is 2.13 bits per heavy atom. The lowest BCUT2D eigenvalue weighted by Gasteiger charge is -2.19. The van der Waals surface area contributed by atoms with Crippen molar-refractivity contribution in [3.05, 3.63) is 23.8 Å². The molecule has 1 unspecified atom stereocenters. The average Bonchev–Trinajstić information content (AvgIpc) is 2.80. The summed E-state index contributed by atoms with van der Waals surface area (Å²) in [6.45, 7) is 0.777. The van der Waals surface area contributed by atoms with Crippen LogP contribution in [-0.4, -0.2) is 42.8 Å². The lowest BCUT2D eigenvalue weighted by molar-refractivity contribution is -0.159. The minimum atomic E-state index is -4.44. The van der Waals surface area contributed by atoms with Crippen molar-refractivity contribution in [3.8, 4) is 17.6 Å². The molecule has 23 heavy (non-hydrogen) atoms. The first-order valence-electron chi connectivity index (χ1n) is 7.03. The molecule has 0 N–H and O–H groups in total. The number of nitriles is 1. The van der Waals surface area contributed by atoms with Crippen LogP contribution in [0.25, 0.3) is 0 Å². The molecule has 0 radical (unpaired) electrons. The number of carbonyl (C=O) groups excluding carboxylic acids is 1. The number of hydrogen-bond donors (Lipinski definition) is 0. The first kappa shape index (κ1) is 16.9. The van der Waals surface area contributed by atoms with E-state index in [1.54, 1.807) is 6.92 Å². The molecular weight excluding hydrogens is 313 g/mol. The van der Waals surface area contributed by atoms with Gasteiger partial charge in [-0.25, -0.2) is 0 Å². The minimum Gasteiger partial charge on any atom is -0.490 e. The molecule has 0 aliphatic carbocycles. The molecule has 1 heterocycles. The minimum absolute atomic E-state index is 0.0107. The highest BCUT2D eigenvalue weighted by Crippen LogP contribution is 2.31.